The molecule has 6 aromatic carbocycles. The summed E-state index contributed by atoms with van der Waals surface area (Å²) in [5.41, 5.74) is 8.48. The van der Waals surface area contributed by atoms with E-state index in [1.54, 1.807) is 17.4 Å². The Balaban J connectivity index is 1.31. The smallest absolute Gasteiger partial charge is 0.423 e. The fourth-order valence-corrected chi connectivity index (χ4v) is 7.26. The lowest BCUT2D eigenvalue weighted by atomic mass is 9.80. The number of rotatable bonds is 4. The van der Waals surface area contributed by atoms with Gasteiger partial charge in [0.2, 0.25) is 0 Å². The fraction of sp³-hybridized carbons (Fsp3) is 0. The lowest BCUT2D eigenvalue weighted by Crippen LogP contribution is -2.29. The monoisotopic (exact) mass is 545 g/mol. The topological polar surface area (TPSA) is 45.4 Å². The fourth-order valence-electron chi connectivity index (χ4n) is 6.02. The highest BCUT2D eigenvalue weighted by Crippen LogP contribution is 2.42. The Kier molecular flexibility index (Phi) is 5.57. The third kappa shape index (κ3) is 3.90. The van der Waals surface area contributed by atoms with E-state index in [2.05, 4.69) is 114 Å². The zero-order chi connectivity index (χ0) is 27.5. The summed E-state index contributed by atoms with van der Waals surface area (Å²) < 4.78 is 4.80. The molecule has 0 saturated heterocycles. The summed E-state index contributed by atoms with van der Waals surface area (Å²) in [6.45, 7) is 0. The zero-order valence-electron chi connectivity index (χ0n) is 22.0. The van der Waals surface area contributed by atoms with Gasteiger partial charge in [0.25, 0.3) is 0 Å². The van der Waals surface area contributed by atoms with E-state index in [-0.39, 0.29) is 0 Å². The number of nitrogens with zero attached hydrogens (tertiary/aromatic N) is 1. The summed E-state index contributed by atoms with van der Waals surface area (Å²) in [5, 5.41) is 24.4. The second-order valence-electron chi connectivity index (χ2n) is 10.4. The third-order valence-corrected chi connectivity index (χ3v) is 9.24. The Labute approximate surface area is 241 Å². The van der Waals surface area contributed by atoms with Crippen LogP contribution in [0.5, 0.6) is 0 Å². The molecule has 0 spiro atoms. The second kappa shape index (κ2) is 9.46. The summed E-state index contributed by atoms with van der Waals surface area (Å²) in [4.78, 5) is 0. The second-order valence-corrected chi connectivity index (χ2v) is 11.5. The first-order valence-electron chi connectivity index (χ1n) is 13.7. The van der Waals surface area contributed by atoms with Crippen molar-refractivity contribution < 1.29 is 10.0 Å². The van der Waals surface area contributed by atoms with E-state index < -0.39 is 7.12 Å². The van der Waals surface area contributed by atoms with Gasteiger partial charge in [0.15, 0.2) is 0 Å². The van der Waals surface area contributed by atoms with Gasteiger partial charge in [-0.15, -0.1) is 11.3 Å². The average molecular weight is 545 g/mol. The minimum absolute atomic E-state index is 0.488. The Morgan fingerprint density at radius 2 is 1.12 bits per heavy atom. The quantitative estimate of drug-likeness (QED) is 0.219. The van der Waals surface area contributed by atoms with E-state index in [0.29, 0.717) is 5.46 Å². The van der Waals surface area contributed by atoms with Crippen molar-refractivity contribution in [3.63, 3.8) is 0 Å². The van der Waals surface area contributed by atoms with E-state index in [9.17, 15) is 10.0 Å². The van der Waals surface area contributed by atoms with Crippen LogP contribution in [0.15, 0.2) is 133 Å². The third-order valence-electron chi connectivity index (χ3n) is 8.05. The zero-order valence-corrected chi connectivity index (χ0v) is 22.8. The van der Waals surface area contributed by atoms with Crippen LogP contribution in [0, 0.1) is 0 Å². The van der Waals surface area contributed by atoms with Crippen LogP contribution in [0.25, 0.3) is 69.9 Å². The van der Waals surface area contributed by atoms with Gasteiger partial charge in [-0.25, -0.2) is 0 Å². The lowest BCUT2D eigenvalue weighted by molar-refractivity contribution is 0.426. The Hall–Kier alpha value is -4.68. The number of hydrogen-bond donors (Lipinski definition) is 2. The van der Waals surface area contributed by atoms with Crippen molar-refractivity contribution in [3.05, 3.63) is 133 Å². The molecule has 2 heterocycles. The van der Waals surface area contributed by atoms with Crippen molar-refractivity contribution in [1.29, 1.82) is 0 Å². The summed E-state index contributed by atoms with van der Waals surface area (Å²) in [7, 11) is -1.52. The van der Waals surface area contributed by atoms with Crippen molar-refractivity contribution >= 4 is 65.9 Å². The number of aromatic nitrogens is 1. The molecule has 8 rings (SSSR count). The molecule has 0 aliphatic heterocycles. The first-order chi connectivity index (χ1) is 20.2. The molecule has 0 aliphatic rings. The molecule has 3 nitrogen and oxygen atoms in total. The van der Waals surface area contributed by atoms with Gasteiger partial charge in [-0.3, -0.25) is 0 Å². The van der Waals surface area contributed by atoms with Crippen LogP contribution in [-0.2, 0) is 0 Å². The molecule has 41 heavy (non-hydrogen) atoms. The van der Waals surface area contributed by atoms with Gasteiger partial charge in [-0.2, -0.15) is 0 Å². The molecule has 0 radical (unpaired) electrons. The highest BCUT2D eigenvalue weighted by molar-refractivity contribution is 7.26. The van der Waals surface area contributed by atoms with Crippen LogP contribution >= 0.6 is 11.3 Å². The standard InChI is InChI=1S/C36H24BNO2S/c39-37(40)27-16-21-33-32(22-27)30-19-20-31-29-8-4-5-9-34(29)41-36(31)35(30)38(33)28-17-14-26(15-18-28)25-12-10-24(11-13-25)23-6-2-1-3-7-23/h1-22,39-40H. The van der Waals surface area contributed by atoms with Crippen LogP contribution in [0.3, 0.4) is 0 Å². The molecular formula is C36H24BNO2S. The predicted octanol–water partition coefficient (Wildman–Crippen LogP) is 8.17. The predicted molar refractivity (Wildman–Crippen MR) is 174 cm³/mol. The maximum atomic E-state index is 9.92. The summed E-state index contributed by atoms with van der Waals surface area (Å²) in [6, 6.07) is 46.5. The maximum absolute atomic E-state index is 9.92. The molecule has 0 amide bonds. The van der Waals surface area contributed by atoms with Crippen molar-refractivity contribution in [1.82, 2.24) is 4.57 Å². The molecule has 2 aromatic heterocycles. The van der Waals surface area contributed by atoms with Gasteiger partial charge in [0.1, 0.15) is 0 Å². The molecule has 2 N–H and O–H groups in total. The first kappa shape index (κ1) is 24.1. The molecule has 0 unspecified atom stereocenters. The lowest BCUT2D eigenvalue weighted by Gasteiger charge is -2.11. The molecule has 5 heteroatoms. The molecule has 0 saturated carbocycles. The van der Waals surface area contributed by atoms with Gasteiger partial charge < -0.3 is 14.6 Å². The molecular weight excluding hydrogens is 521 g/mol. The average Bonchev–Trinajstić information content (AvgIpc) is 3.57. The number of thiophene rings is 1. The van der Waals surface area contributed by atoms with Gasteiger partial charge in [-0.05, 0) is 52.0 Å². The van der Waals surface area contributed by atoms with Gasteiger partial charge >= 0.3 is 7.12 Å². The Morgan fingerprint density at radius 1 is 0.512 bits per heavy atom. The molecule has 0 aliphatic carbocycles. The van der Waals surface area contributed by atoms with Crippen molar-refractivity contribution in [2.45, 2.75) is 0 Å². The molecule has 0 atom stereocenters. The van der Waals surface area contributed by atoms with Crippen LogP contribution < -0.4 is 5.46 Å². The van der Waals surface area contributed by atoms with Crippen molar-refractivity contribution in [3.8, 4) is 27.9 Å². The van der Waals surface area contributed by atoms with E-state index in [4.69, 9.17) is 0 Å². The van der Waals surface area contributed by atoms with Gasteiger partial charge in [-0.1, -0.05) is 109 Å². The number of fused-ring (bicyclic) bond motifs is 7. The number of hydrogen-bond acceptors (Lipinski definition) is 3. The van der Waals surface area contributed by atoms with Crippen LogP contribution in [0.1, 0.15) is 0 Å². The highest BCUT2D eigenvalue weighted by Gasteiger charge is 2.20. The van der Waals surface area contributed by atoms with Crippen molar-refractivity contribution in [2.24, 2.45) is 0 Å². The maximum Gasteiger partial charge on any atom is 0.488 e. The van der Waals surface area contributed by atoms with E-state index >= 15 is 0 Å². The largest absolute Gasteiger partial charge is 0.488 e. The van der Waals surface area contributed by atoms with Crippen LogP contribution in [-0.4, -0.2) is 21.7 Å². The van der Waals surface area contributed by atoms with Crippen molar-refractivity contribution in [2.75, 3.05) is 0 Å². The molecule has 8 aromatic rings. The van der Waals surface area contributed by atoms with E-state index in [1.165, 1.54) is 36.9 Å². The minimum Gasteiger partial charge on any atom is -0.423 e. The highest BCUT2D eigenvalue weighted by atomic mass is 32.1. The van der Waals surface area contributed by atoms with Crippen LogP contribution in [0.2, 0.25) is 0 Å². The van der Waals surface area contributed by atoms with Gasteiger partial charge in [0, 0.05) is 31.9 Å². The molecule has 0 bridgehead atoms. The van der Waals surface area contributed by atoms with Crippen LogP contribution in [0.4, 0.5) is 0 Å². The van der Waals surface area contributed by atoms with E-state index in [1.807, 2.05) is 18.2 Å². The molecule has 194 valence electrons. The van der Waals surface area contributed by atoms with Gasteiger partial charge in [0.05, 0.1) is 15.7 Å². The Bertz CT molecular complexity index is 2210. The minimum atomic E-state index is -1.52. The Morgan fingerprint density at radius 3 is 1.83 bits per heavy atom. The summed E-state index contributed by atoms with van der Waals surface area (Å²) in [6.07, 6.45) is 0. The first-order valence-corrected chi connectivity index (χ1v) is 14.5. The molecule has 0 fully saturated rings. The summed E-state index contributed by atoms with van der Waals surface area (Å²) in [5.74, 6) is 0. The summed E-state index contributed by atoms with van der Waals surface area (Å²) >= 11 is 1.81. The SMILES string of the molecule is OB(O)c1ccc2c(c1)c1ccc3c4ccccc4sc3c1n2-c1ccc(-c2ccc(-c3ccccc3)cc2)cc1. The normalized spacial score (nSPS) is 11.7. The van der Waals surface area contributed by atoms with E-state index in [0.717, 1.165) is 33.1 Å². The number of benzene rings is 6.